The van der Waals surface area contributed by atoms with Crippen molar-refractivity contribution in [2.24, 2.45) is 0 Å². The van der Waals surface area contributed by atoms with Crippen molar-refractivity contribution in [3.63, 3.8) is 0 Å². The fraction of sp³-hybridized carbons (Fsp3) is 0.370. The highest BCUT2D eigenvalue weighted by molar-refractivity contribution is 5.94. The normalized spacial score (nSPS) is 21.8. The molecule has 0 spiro atoms. The average molecular weight is 553 g/mol. The Bertz CT molecular complexity index is 1610. The van der Waals surface area contributed by atoms with E-state index >= 15 is 0 Å². The molecule has 1 aromatic carbocycles. The average Bonchev–Trinajstić information content (AvgIpc) is 3.60. The van der Waals surface area contributed by atoms with Crippen LogP contribution in [0.2, 0.25) is 0 Å². The van der Waals surface area contributed by atoms with Crippen molar-refractivity contribution in [2.75, 3.05) is 26.2 Å². The number of alkyl halides is 3. The summed E-state index contributed by atoms with van der Waals surface area (Å²) in [6, 6.07) is 6.28. The van der Waals surface area contributed by atoms with Gasteiger partial charge in [0.25, 0.3) is 5.91 Å². The molecule has 1 saturated carbocycles. The summed E-state index contributed by atoms with van der Waals surface area (Å²) < 4.78 is 54.9. The zero-order valence-electron chi connectivity index (χ0n) is 21.2. The first-order chi connectivity index (χ1) is 19.2. The fourth-order valence-corrected chi connectivity index (χ4v) is 5.79. The fourth-order valence-electron chi connectivity index (χ4n) is 5.79. The van der Waals surface area contributed by atoms with Gasteiger partial charge in [-0.05, 0) is 37.1 Å². The molecule has 0 unspecified atom stereocenters. The van der Waals surface area contributed by atoms with Gasteiger partial charge in [0, 0.05) is 61.1 Å². The van der Waals surface area contributed by atoms with E-state index in [1.54, 1.807) is 12.4 Å². The third-order valence-corrected chi connectivity index (χ3v) is 7.93. The van der Waals surface area contributed by atoms with Gasteiger partial charge >= 0.3 is 6.18 Å². The first-order valence-electron chi connectivity index (χ1n) is 12.8. The molecular weight excluding hydrogens is 528 g/mol. The molecule has 4 aromatic rings. The van der Waals surface area contributed by atoms with Crippen LogP contribution in [0.5, 0.6) is 0 Å². The van der Waals surface area contributed by atoms with Gasteiger partial charge in [-0.2, -0.15) is 23.5 Å². The number of nitriles is 1. The molecule has 1 saturated heterocycles. The Morgan fingerprint density at radius 2 is 1.93 bits per heavy atom. The summed E-state index contributed by atoms with van der Waals surface area (Å²) in [4.78, 5) is 28.3. The van der Waals surface area contributed by atoms with Crippen molar-refractivity contribution >= 4 is 16.9 Å². The van der Waals surface area contributed by atoms with E-state index in [0.29, 0.717) is 51.2 Å². The van der Waals surface area contributed by atoms with Gasteiger partial charge in [0.15, 0.2) is 0 Å². The van der Waals surface area contributed by atoms with Gasteiger partial charge in [0.05, 0.1) is 35.5 Å². The predicted octanol–water partition coefficient (Wildman–Crippen LogP) is 4.21. The van der Waals surface area contributed by atoms with E-state index < -0.39 is 29.0 Å². The molecule has 9 nitrogen and oxygen atoms in total. The number of fused-ring (bicyclic) bond motifs is 1. The van der Waals surface area contributed by atoms with Crippen LogP contribution in [0.3, 0.4) is 0 Å². The summed E-state index contributed by atoms with van der Waals surface area (Å²) in [5.74, 6) is -1.72. The lowest BCUT2D eigenvalue weighted by Crippen LogP contribution is -2.60. The number of piperazine rings is 1. The number of benzene rings is 1. The molecule has 13 heteroatoms. The second-order valence-electron chi connectivity index (χ2n) is 10.3. The summed E-state index contributed by atoms with van der Waals surface area (Å²) >= 11 is 0. The Morgan fingerprint density at radius 3 is 2.65 bits per heavy atom. The molecule has 2 fully saturated rings. The number of hydrogen-bond acceptors (Lipinski definition) is 6. The van der Waals surface area contributed by atoms with E-state index in [0.717, 1.165) is 28.4 Å². The number of carbonyl (C=O) groups excluding carboxylic acids is 1. The lowest BCUT2D eigenvalue weighted by Gasteiger charge is -2.52. The highest BCUT2D eigenvalue weighted by Gasteiger charge is 2.49. The van der Waals surface area contributed by atoms with Gasteiger partial charge < -0.3 is 9.88 Å². The standard InChI is InChI=1S/C27H24F4N8O/c28-20-10-17(9-19(11-20)27(29,30)31)25(40)38-7-5-37(6-8-38)21-12-26(13-21,2-3-32)39-15-18(14-36-39)23-22-1-4-33-24(22)35-16-34-23/h1,4,9-11,14-16,21H,2,5-8,12-13H2,(H,33,34,35)/t21-,26+. The number of halogens is 4. The number of H-pyrrole nitrogens is 1. The number of carbonyl (C=O) groups is 1. The topological polar surface area (TPSA) is 107 Å². The van der Waals surface area contributed by atoms with Crippen LogP contribution in [-0.2, 0) is 11.7 Å². The SMILES string of the molecule is N#CC[C@]1(n2cc(-c3ncnc4[nH]ccc34)cn2)C[C@@H](N2CCN(C(=O)c3cc(F)cc(C(F)(F)F)c3)CC2)C1. The maximum absolute atomic E-state index is 13.8. The molecule has 40 heavy (non-hydrogen) atoms. The van der Waals surface area contributed by atoms with Crippen LogP contribution in [0.4, 0.5) is 17.6 Å². The van der Waals surface area contributed by atoms with E-state index in [4.69, 9.17) is 0 Å². The van der Waals surface area contributed by atoms with Gasteiger partial charge in [0.2, 0.25) is 0 Å². The summed E-state index contributed by atoms with van der Waals surface area (Å²) in [7, 11) is 0. The van der Waals surface area contributed by atoms with Crippen LogP contribution in [0, 0.1) is 17.1 Å². The first kappa shape index (κ1) is 25.9. The van der Waals surface area contributed by atoms with E-state index in [1.807, 2.05) is 16.9 Å². The van der Waals surface area contributed by atoms with Crippen molar-refractivity contribution in [1.29, 1.82) is 5.26 Å². The van der Waals surface area contributed by atoms with Crippen LogP contribution >= 0.6 is 0 Å². The summed E-state index contributed by atoms with van der Waals surface area (Å²) in [5.41, 5.74) is 0.339. The molecule has 1 amide bonds. The van der Waals surface area contributed by atoms with E-state index in [9.17, 15) is 27.6 Å². The molecule has 1 aliphatic heterocycles. The van der Waals surface area contributed by atoms with Gasteiger partial charge in [-0.25, -0.2) is 14.4 Å². The quantitative estimate of drug-likeness (QED) is 0.372. The molecule has 0 radical (unpaired) electrons. The Morgan fingerprint density at radius 1 is 1.15 bits per heavy atom. The number of hydrogen-bond donors (Lipinski definition) is 1. The molecule has 1 aliphatic carbocycles. The molecule has 6 rings (SSSR count). The van der Waals surface area contributed by atoms with E-state index in [1.165, 1.54) is 11.2 Å². The van der Waals surface area contributed by atoms with Gasteiger partial charge in [-0.1, -0.05) is 0 Å². The number of nitrogens with one attached hydrogen (secondary N) is 1. The third-order valence-electron chi connectivity index (χ3n) is 7.93. The molecule has 4 heterocycles. The van der Waals surface area contributed by atoms with Crippen LogP contribution in [-0.4, -0.2) is 72.7 Å². The number of nitrogens with zero attached hydrogens (tertiary/aromatic N) is 7. The molecule has 3 aromatic heterocycles. The van der Waals surface area contributed by atoms with Gasteiger partial charge in [0.1, 0.15) is 17.8 Å². The van der Waals surface area contributed by atoms with E-state index in [2.05, 4.69) is 31.0 Å². The first-order valence-corrected chi connectivity index (χ1v) is 12.8. The minimum absolute atomic E-state index is 0.166. The molecule has 0 bridgehead atoms. The van der Waals surface area contributed by atoms with Gasteiger partial charge in [-0.15, -0.1) is 0 Å². The second-order valence-corrected chi connectivity index (χ2v) is 10.3. The maximum atomic E-state index is 13.8. The largest absolute Gasteiger partial charge is 0.416 e. The second kappa shape index (κ2) is 9.71. The smallest absolute Gasteiger partial charge is 0.346 e. The monoisotopic (exact) mass is 552 g/mol. The summed E-state index contributed by atoms with van der Waals surface area (Å²) in [6.45, 7) is 1.67. The number of rotatable bonds is 5. The molecular formula is C27H24F4N8O. The van der Waals surface area contributed by atoms with Gasteiger partial charge in [-0.3, -0.25) is 14.4 Å². The number of aromatic amines is 1. The number of amides is 1. The van der Waals surface area contributed by atoms with Crippen LogP contribution in [0.1, 0.15) is 35.2 Å². The van der Waals surface area contributed by atoms with Crippen molar-refractivity contribution in [3.8, 4) is 17.3 Å². The molecule has 1 N–H and O–H groups in total. The predicted molar refractivity (Wildman–Crippen MR) is 135 cm³/mol. The lowest BCUT2D eigenvalue weighted by molar-refractivity contribution is -0.137. The Labute approximate surface area is 226 Å². The third kappa shape index (κ3) is 4.58. The highest BCUT2D eigenvalue weighted by Crippen LogP contribution is 2.45. The molecule has 2 aliphatic rings. The lowest BCUT2D eigenvalue weighted by atomic mass is 9.70. The Kier molecular flexibility index (Phi) is 6.29. The van der Waals surface area contributed by atoms with Crippen molar-refractivity contribution in [1.82, 2.24) is 34.5 Å². The maximum Gasteiger partial charge on any atom is 0.416 e. The minimum Gasteiger partial charge on any atom is -0.346 e. The molecule has 206 valence electrons. The Hall–Kier alpha value is -4.31. The van der Waals surface area contributed by atoms with Crippen molar-refractivity contribution in [2.45, 2.75) is 37.0 Å². The number of aromatic nitrogens is 5. The van der Waals surface area contributed by atoms with Crippen LogP contribution < -0.4 is 0 Å². The summed E-state index contributed by atoms with van der Waals surface area (Å²) in [5, 5.41) is 15.1. The van der Waals surface area contributed by atoms with Crippen molar-refractivity contribution < 1.29 is 22.4 Å². The van der Waals surface area contributed by atoms with Crippen LogP contribution in [0.15, 0.2) is 49.2 Å². The zero-order chi connectivity index (χ0) is 28.1. The summed E-state index contributed by atoms with van der Waals surface area (Å²) in [6.07, 6.45) is 3.86. The Balaban J connectivity index is 1.11. The van der Waals surface area contributed by atoms with Crippen molar-refractivity contribution in [3.05, 3.63) is 66.1 Å². The van der Waals surface area contributed by atoms with Crippen LogP contribution in [0.25, 0.3) is 22.3 Å². The zero-order valence-corrected chi connectivity index (χ0v) is 21.2. The van der Waals surface area contributed by atoms with E-state index in [-0.39, 0.29) is 18.0 Å². The minimum atomic E-state index is -4.74. The molecule has 0 atom stereocenters. The highest BCUT2D eigenvalue weighted by atomic mass is 19.4.